The summed E-state index contributed by atoms with van der Waals surface area (Å²) in [5.41, 5.74) is 1.21. The number of nitrogens with zero attached hydrogens (tertiary/aromatic N) is 1. The molecular formula is C22H18N2O3S. The van der Waals surface area contributed by atoms with E-state index in [9.17, 15) is 4.79 Å². The van der Waals surface area contributed by atoms with Gasteiger partial charge < -0.3 is 9.15 Å². The number of nitrogens with one attached hydrogen (secondary N) is 1. The molecule has 2 aromatic carbocycles. The number of carbonyl (C=O) groups is 1. The molecule has 6 heteroatoms. The lowest BCUT2D eigenvalue weighted by Gasteiger charge is -2.03. The SMILES string of the molecule is O=C(Nc1ncc(Cc2ccccc2)s1)c1ccc(COc2ccccc2)o1. The van der Waals surface area contributed by atoms with Gasteiger partial charge in [0.05, 0.1) is 0 Å². The molecule has 0 saturated carbocycles. The molecule has 1 N–H and O–H groups in total. The third-order valence-electron chi connectivity index (χ3n) is 4.00. The fraction of sp³-hybridized carbons (Fsp3) is 0.0909. The van der Waals surface area contributed by atoms with Gasteiger partial charge >= 0.3 is 0 Å². The molecule has 0 aliphatic rings. The minimum atomic E-state index is -0.327. The minimum Gasteiger partial charge on any atom is -0.486 e. The van der Waals surface area contributed by atoms with Gasteiger partial charge in [-0.2, -0.15) is 0 Å². The summed E-state index contributed by atoms with van der Waals surface area (Å²) in [6.45, 7) is 0.260. The van der Waals surface area contributed by atoms with Gasteiger partial charge in [0.2, 0.25) is 0 Å². The molecule has 2 aromatic heterocycles. The van der Waals surface area contributed by atoms with Crippen LogP contribution in [0.2, 0.25) is 0 Å². The van der Waals surface area contributed by atoms with Gasteiger partial charge in [-0.25, -0.2) is 4.98 Å². The molecule has 0 bridgehead atoms. The van der Waals surface area contributed by atoms with Crippen molar-refractivity contribution in [1.82, 2.24) is 4.98 Å². The molecule has 0 saturated heterocycles. The van der Waals surface area contributed by atoms with Crippen LogP contribution in [0, 0.1) is 0 Å². The molecular weight excluding hydrogens is 372 g/mol. The van der Waals surface area contributed by atoms with E-state index in [0.29, 0.717) is 10.9 Å². The number of rotatable bonds is 7. The van der Waals surface area contributed by atoms with E-state index in [1.54, 1.807) is 18.3 Å². The maximum absolute atomic E-state index is 12.4. The van der Waals surface area contributed by atoms with Crippen LogP contribution in [0.1, 0.15) is 26.8 Å². The highest BCUT2D eigenvalue weighted by molar-refractivity contribution is 7.15. The van der Waals surface area contributed by atoms with Gasteiger partial charge in [-0.3, -0.25) is 10.1 Å². The van der Waals surface area contributed by atoms with Gasteiger partial charge in [0.15, 0.2) is 10.9 Å². The van der Waals surface area contributed by atoms with E-state index in [2.05, 4.69) is 22.4 Å². The topological polar surface area (TPSA) is 64.4 Å². The zero-order chi connectivity index (χ0) is 19.2. The van der Waals surface area contributed by atoms with Crippen molar-refractivity contribution < 1.29 is 13.9 Å². The smallest absolute Gasteiger partial charge is 0.293 e. The third kappa shape index (κ3) is 4.66. The second-order valence-electron chi connectivity index (χ2n) is 6.12. The average molecular weight is 390 g/mol. The second kappa shape index (κ2) is 8.54. The molecule has 28 heavy (non-hydrogen) atoms. The summed E-state index contributed by atoms with van der Waals surface area (Å²) in [7, 11) is 0. The van der Waals surface area contributed by atoms with E-state index in [4.69, 9.17) is 9.15 Å². The maximum Gasteiger partial charge on any atom is 0.293 e. The Kier molecular flexibility index (Phi) is 5.49. The quantitative estimate of drug-likeness (QED) is 0.473. The number of amides is 1. The Morgan fingerprint density at radius 3 is 2.54 bits per heavy atom. The predicted molar refractivity (Wildman–Crippen MR) is 109 cm³/mol. The van der Waals surface area contributed by atoms with Crippen molar-refractivity contribution in [3.05, 3.63) is 101 Å². The van der Waals surface area contributed by atoms with Crippen molar-refractivity contribution in [3.63, 3.8) is 0 Å². The van der Waals surface area contributed by atoms with E-state index < -0.39 is 0 Å². The normalized spacial score (nSPS) is 10.6. The second-order valence-corrected chi connectivity index (χ2v) is 7.23. The molecule has 0 aliphatic heterocycles. The fourth-order valence-corrected chi connectivity index (χ4v) is 3.49. The van der Waals surface area contributed by atoms with Crippen molar-refractivity contribution >= 4 is 22.4 Å². The summed E-state index contributed by atoms with van der Waals surface area (Å²) in [5.74, 6) is 1.23. The number of furan rings is 1. The molecule has 5 nitrogen and oxygen atoms in total. The largest absolute Gasteiger partial charge is 0.486 e. The molecule has 1 amide bonds. The van der Waals surface area contributed by atoms with Crippen molar-refractivity contribution in [2.24, 2.45) is 0 Å². The van der Waals surface area contributed by atoms with Crippen LogP contribution in [0.15, 0.2) is 83.4 Å². The van der Waals surface area contributed by atoms with Crippen LogP contribution in [0.4, 0.5) is 5.13 Å². The van der Waals surface area contributed by atoms with Gasteiger partial charge in [-0.15, -0.1) is 11.3 Å². The highest BCUT2D eigenvalue weighted by Crippen LogP contribution is 2.22. The Labute approximate surface area is 166 Å². The Balaban J connectivity index is 1.33. The van der Waals surface area contributed by atoms with Gasteiger partial charge in [-0.1, -0.05) is 48.5 Å². The number of thiazole rings is 1. The fourth-order valence-electron chi connectivity index (χ4n) is 2.65. The molecule has 4 aromatic rings. The third-order valence-corrected chi connectivity index (χ3v) is 4.92. The molecule has 4 rings (SSSR count). The molecule has 0 radical (unpaired) electrons. The predicted octanol–water partition coefficient (Wildman–Crippen LogP) is 5.16. The molecule has 0 aliphatic carbocycles. The first kappa shape index (κ1) is 18.0. The lowest BCUT2D eigenvalue weighted by atomic mass is 10.1. The number of ether oxygens (including phenoxy) is 1. The first-order valence-corrected chi connectivity index (χ1v) is 9.64. The maximum atomic E-state index is 12.4. The van der Waals surface area contributed by atoms with Crippen LogP contribution < -0.4 is 10.1 Å². The van der Waals surface area contributed by atoms with Crippen molar-refractivity contribution in [2.45, 2.75) is 13.0 Å². The van der Waals surface area contributed by atoms with Crippen LogP contribution in [0.25, 0.3) is 0 Å². The van der Waals surface area contributed by atoms with E-state index in [1.165, 1.54) is 16.9 Å². The standard InChI is InChI=1S/C22H18N2O3S/c25-21(20-12-11-18(27-20)15-26-17-9-5-2-6-10-17)24-22-23-14-19(28-22)13-16-7-3-1-4-8-16/h1-12,14H,13,15H2,(H,23,24,25). The summed E-state index contributed by atoms with van der Waals surface area (Å²) in [6, 6.07) is 23.0. The molecule has 0 fully saturated rings. The zero-order valence-electron chi connectivity index (χ0n) is 15.0. The van der Waals surface area contributed by atoms with Gasteiger partial charge in [0.1, 0.15) is 18.1 Å². The van der Waals surface area contributed by atoms with Crippen molar-refractivity contribution in [2.75, 3.05) is 5.32 Å². The summed E-state index contributed by atoms with van der Waals surface area (Å²) in [6.07, 6.45) is 2.57. The molecule has 0 spiro atoms. The lowest BCUT2D eigenvalue weighted by Crippen LogP contribution is -2.10. The first-order chi connectivity index (χ1) is 13.8. The van der Waals surface area contributed by atoms with Crippen LogP contribution in [-0.4, -0.2) is 10.9 Å². The monoisotopic (exact) mass is 390 g/mol. The Hall–Kier alpha value is -3.38. The minimum absolute atomic E-state index is 0.228. The van der Waals surface area contributed by atoms with Crippen LogP contribution in [-0.2, 0) is 13.0 Å². The average Bonchev–Trinajstić information content (AvgIpc) is 3.38. The Morgan fingerprint density at radius 2 is 1.75 bits per heavy atom. The number of carbonyl (C=O) groups excluding carboxylic acids is 1. The van der Waals surface area contributed by atoms with E-state index in [0.717, 1.165) is 17.0 Å². The zero-order valence-corrected chi connectivity index (χ0v) is 15.8. The van der Waals surface area contributed by atoms with Crippen molar-refractivity contribution in [3.8, 4) is 5.75 Å². The van der Waals surface area contributed by atoms with E-state index in [-0.39, 0.29) is 18.3 Å². The van der Waals surface area contributed by atoms with Gasteiger partial charge in [0, 0.05) is 17.5 Å². The molecule has 0 unspecified atom stereocenters. The van der Waals surface area contributed by atoms with E-state index >= 15 is 0 Å². The van der Waals surface area contributed by atoms with Crippen LogP contribution >= 0.6 is 11.3 Å². The lowest BCUT2D eigenvalue weighted by molar-refractivity contribution is 0.0992. The first-order valence-electron chi connectivity index (χ1n) is 8.83. The number of anilines is 1. The Morgan fingerprint density at radius 1 is 1.00 bits per heavy atom. The highest BCUT2D eigenvalue weighted by Gasteiger charge is 2.14. The summed E-state index contributed by atoms with van der Waals surface area (Å²) in [5, 5.41) is 3.34. The van der Waals surface area contributed by atoms with Gasteiger partial charge in [-0.05, 0) is 29.8 Å². The number of hydrogen-bond donors (Lipinski definition) is 1. The van der Waals surface area contributed by atoms with E-state index in [1.807, 2.05) is 48.5 Å². The summed E-state index contributed by atoms with van der Waals surface area (Å²) < 4.78 is 11.2. The molecule has 0 atom stereocenters. The number of aromatic nitrogens is 1. The number of para-hydroxylation sites is 1. The van der Waals surface area contributed by atoms with Crippen LogP contribution in [0.3, 0.4) is 0 Å². The molecule has 2 heterocycles. The molecule has 140 valence electrons. The highest BCUT2D eigenvalue weighted by atomic mass is 32.1. The number of benzene rings is 2. The number of hydrogen-bond acceptors (Lipinski definition) is 5. The Bertz CT molecular complexity index is 1040. The summed E-state index contributed by atoms with van der Waals surface area (Å²) in [4.78, 5) is 17.8. The van der Waals surface area contributed by atoms with Crippen LogP contribution in [0.5, 0.6) is 5.75 Å². The van der Waals surface area contributed by atoms with Gasteiger partial charge in [0.25, 0.3) is 5.91 Å². The summed E-state index contributed by atoms with van der Waals surface area (Å²) >= 11 is 1.46. The van der Waals surface area contributed by atoms with Crippen molar-refractivity contribution in [1.29, 1.82) is 0 Å².